The molecule has 0 bridgehead atoms. The van der Waals surface area contributed by atoms with Gasteiger partial charge in [0.05, 0.1) is 13.7 Å². The first-order valence-electron chi connectivity index (χ1n) is 5.00. The highest BCUT2D eigenvalue weighted by Gasteiger charge is 2.18. The van der Waals surface area contributed by atoms with E-state index < -0.39 is 0 Å². The van der Waals surface area contributed by atoms with Crippen LogP contribution in [0.3, 0.4) is 0 Å². The van der Waals surface area contributed by atoms with E-state index in [1.807, 2.05) is 24.7 Å². The van der Waals surface area contributed by atoms with Crippen LogP contribution in [0.15, 0.2) is 18.7 Å². The van der Waals surface area contributed by atoms with Gasteiger partial charge in [0.25, 0.3) is 6.33 Å². The third kappa shape index (κ3) is 4.09. The minimum atomic E-state index is -0.0184. The summed E-state index contributed by atoms with van der Waals surface area (Å²) in [4.78, 5) is 13.7. The Morgan fingerprint density at radius 1 is 1.56 bits per heavy atom. The third-order valence-electron chi connectivity index (χ3n) is 2.21. The predicted molar refractivity (Wildman–Crippen MR) is 55.5 cm³/mol. The number of amides is 1. The molecule has 1 heterocycles. The van der Waals surface area contributed by atoms with Crippen LogP contribution in [-0.2, 0) is 11.8 Å². The minimum absolute atomic E-state index is 0. The van der Waals surface area contributed by atoms with Gasteiger partial charge in [0.2, 0.25) is 0 Å². The molecule has 1 aromatic heterocycles. The van der Waals surface area contributed by atoms with Crippen LogP contribution in [0.4, 0.5) is 4.79 Å². The highest BCUT2D eigenvalue weighted by atomic mass is 127. The summed E-state index contributed by atoms with van der Waals surface area (Å²) in [5.74, 6) is 0. The van der Waals surface area contributed by atoms with E-state index in [0.29, 0.717) is 19.7 Å². The number of imidazole rings is 1. The maximum Gasteiger partial charge on any atom is 0.415 e. The van der Waals surface area contributed by atoms with Crippen molar-refractivity contribution in [2.45, 2.75) is 6.92 Å². The van der Waals surface area contributed by atoms with Crippen LogP contribution in [0, 0.1) is 0 Å². The first-order chi connectivity index (χ1) is 7.19. The highest BCUT2D eigenvalue weighted by Crippen LogP contribution is 1.95. The quantitative estimate of drug-likeness (QED) is 0.441. The number of rotatable bonds is 4. The number of carbonyl (C=O) groups excluding carboxylic acids is 1. The largest absolute Gasteiger partial charge is 1.00 e. The fourth-order valence-electron chi connectivity index (χ4n) is 1.32. The van der Waals surface area contributed by atoms with E-state index in [9.17, 15) is 4.79 Å². The number of ether oxygens (including phenoxy) is 1. The molecule has 0 spiro atoms. The summed E-state index contributed by atoms with van der Waals surface area (Å²) in [6, 6.07) is -0.0184. The Hall–Kier alpha value is -0.630. The van der Waals surface area contributed by atoms with Crippen molar-refractivity contribution < 1.29 is 38.1 Å². The molecule has 0 aliphatic heterocycles. The van der Waals surface area contributed by atoms with Crippen molar-refractivity contribution in [2.75, 3.05) is 26.8 Å². The zero-order chi connectivity index (χ0) is 11.3. The summed E-state index contributed by atoms with van der Waals surface area (Å²) in [5.41, 5.74) is 0. The standard InChI is InChI=1S/C10H18N3O2.HI/c1-4-12(7-8-15-3)10(14)13-6-5-11(2)9-13;/h5-6,9H,4,7-8H2,1-3H3;1H/q+1;/p-1. The molecule has 1 aromatic rings. The molecule has 0 unspecified atom stereocenters. The molecule has 0 fully saturated rings. The van der Waals surface area contributed by atoms with Gasteiger partial charge in [0.1, 0.15) is 12.4 Å². The van der Waals surface area contributed by atoms with Crippen LogP contribution in [0.1, 0.15) is 6.92 Å². The van der Waals surface area contributed by atoms with Gasteiger partial charge in [0, 0.05) is 20.2 Å². The minimum Gasteiger partial charge on any atom is -1.00 e. The number of aryl methyl sites for hydroxylation is 1. The number of nitrogens with zero attached hydrogens (tertiary/aromatic N) is 3. The number of likely N-dealkylation sites (N-methyl/N-ethyl adjacent to an activating group) is 1. The van der Waals surface area contributed by atoms with Crippen molar-refractivity contribution >= 4 is 6.03 Å². The van der Waals surface area contributed by atoms with Crippen LogP contribution < -0.4 is 28.5 Å². The van der Waals surface area contributed by atoms with E-state index in [1.165, 1.54) is 0 Å². The van der Waals surface area contributed by atoms with Crippen molar-refractivity contribution in [3.8, 4) is 0 Å². The molecular weight excluding hydrogens is 321 g/mol. The second kappa shape index (κ2) is 7.61. The monoisotopic (exact) mass is 339 g/mol. The van der Waals surface area contributed by atoms with Gasteiger partial charge in [-0.05, 0) is 6.92 Å². The second-order valence-electron chi connectivity index (χ2n) is 3.34. The lowest BCUT2D eigenvalue weighted by Gasteiger charge is -2.16. The van der Waals surface area contributed by atoms with Gasteiger partial charge in [-0.1, -0.05) is 0 Å². The smallest absolute Gasteiger partial charge is 0.415 e. The first-order valence-corrected chi connectivity index (χ1v) is 5.00. The Kier molecular flexibility index (Phi) is 7.31. The Labute approximate surface area is 113 Å². The van der Waals surface area contributed by atoms with Gasteiger partial charge >= 0.3 is 6.03 Å². The molecule has 1 amide bonds. The molecule has 0 aromatic carbocycles. The number of aromatic nitrogens is 2. The van der Waals surface area contributed by atoms with E-state index in [0.717, 1.165) is 0 Å². The summed E-state index contributed by atoms with van der Waals surface area (Å²) < 4.78 is 8.36. The Morgan fingerprint density at radius 3 is 2.69 bits per heavy atom. The van der Waals surface area contributed by atoms with Crippen LogP contribution in [0.25, 0.3) is 0 Å². The summed E-state index contributed by atoms with van der Waals surface area (Å²) in [6.45, 7) is 3.82. The van der Waals surface area contributed by atoms with Crippen LogP contribution in [-0.4, -0.2) is 42.3 Å². The zero-order valence-corrected chi connectivity index (χ0v) is 12.0. The Bertz CT molecular complexity index is 328. The Morgan fingerprint density at radius 2 is 2.25 bits per heavy atom. The molecule has 92 valence electrons. The average molecular weight is 339 g/mol. The summed E-state index contributed by atoms with van der Waals surface area (Å²) >= 11 is 0. The Balaban J connectivity index is 0.00000225. The third-order valence-corrected chi connectivity index (χ3v) is 2.21. The number of halogens is 1. The molecule has 5 nitrogen and oxygen atoms in total. The molecular formula is C10H18IN3O2. The predicted octanol–water partition coefficient (Wildman–Crippen LogP) is -2.75. The fourth-order valence-corrected chi connectivity index (χ4v) is 1.32. The van der Waals surface area contributed by atoms with Gasteiger partial charge in [-0.15, -0.1) is 0 Å². The maximum absolute atomic E-state index is 11.9. The van der Waals surface area contributed by atoms with Crippen LogP contribution in [0.2, 0.25) is 0 Å². The van der Waals surface area contributed by atoms with Crippen LogP contribution >= 0.6 is 0 Å². The molecule has 0 N–H and O–H groups in total. The molecule has 0 saturated carbocycles. The summed E-state index contributed by atoms with van der Waals surface area (Å²) in [6.07, 6.45) is 5.33. The van der Waals surface area contributed by atoms with Crippen molar-refractivity contribution in [3.63, 3.8) is 0 Å². The molecule has 0 radical (unpaired) electrons. The molecule has 0 aliphatic carbocycles. The van der Waals surface area contributed by atoms with E-state index >= 15 is 0 Å². The molecule has 0 aliphatic rings. The number of carbonyl (C=O) groups is 1. The molecule has 16 heavy (non-hydrogen) atoms. The van der Waals surface area contributed by atoms with Crippen molar-refractivity contribution in [3.05, 3.63) is 18.7 Å². The lowest BCUT2D eigenvalue weighted by molar-refractivity contribution is -0.670. The zero-order valence-electron chi connectivity index (χ0n) is 9.89. The van der Waals surface area contributed by atoms with Crippen molar-refractivity contribution in [1.82, 2.24) is 9.47 Å². The lowest BCUT2D eigenvalue weighted by Crippen LogP contribution is -3.00. The van der Waals surface area contributed by atoms with E-state index in [4.69, 9.17) is 4.74 Å². The average Bonchev–Trinajstić information content (AvgIpc) is 2.65. The van der Waals surface area contributed by atoms with Gasteiger partial charge < -0.3 is 33.6 Å². The van der Waals surface area contributed by atoms with E-state index in [2.05, 4.69) is 0 Å². The second-order valence-corrected chi connectivity index (χ2v) is 3.34. The molecule has 1 rings (SSSR count). The highest BCUT2D eigenvalue weighted by molar-refractivity contribution is 5.76. The number of methoxy groups -OCH3 is 1. The van der Waals surface area contributed by atoms with E-state index in [-0.39, 0.29) is 30.0 Å². The fraction of sp³-hybridized carbons (Fsp3) is 0.600. The number of hydrogen-bond donors (Lipinski definition) is 0. The molecule has 0 saturated heterocycles. The number of hydrogen-bond acceptors (Lipinski definition) is 2. The lowest BCUT2D eigenvalue weighted by atomic mass is 10.5. The van der Waals surface area contributed by atoms with Crippen molar-refractivity contribution in [1.29, 1.82) is 0 Å². The molecule has 6 heteroatoms. The van der Waals surface area contributed by atoms with Gasteiger partial charge in [-0.25, -0.2) is 9.36 Å². The van der Waals surface area contributed by atoms with Gasteiger partial charge in [-0.3, -0.25) is 0 Å². The topological polar surface area (TPSA) is 38.4 Å². The van der Waals surface area contributed by atoms with Gasteiger partial charge in [-0.2, -0.15) is 4.57 Å². The van der Waals surface area contributed by atoms with Crippen LogP contribution in [0.5, 0.6) is 0 Å². The normalized spacial score (nSPS) is 9.69. The maximum atomic E-state index is 11.9. The van der Waals surface area contributed by atoms with E-state index in [1.54, 1.807) is 29.1 Å². The summed E-state index contributed by atoms with van der Waals surface area (Å²) in [5, 5.41) is 0. The first kappa shape index (κ1) is 15.4. The molecule has 0 atom stereocenters. The van der Waals surface area contributed by atoms with Gasteiger partial charge in [0.15, 0.2) is 0 Å². The van der Waals surface area contributed by atoms with Crippen molar-refractivity contribution in [2.24, 2.45) is 7.05 Å². The summed E-state index contributed by atoms with van der Waals surface area (Å²) in [7, 11) is 3.52. The SMILES string of the molecule is CCN(CCOC)C(=O)n1cc[n+](C)c1.[I-].